The number of pyridine rings is 1. The Morgan fingerprint density at radius 2 is 2.15 bits per heavy atom. The van der Waals surface area contributed by atoms with Gasteiger partial charge >= 0.3 is 0 Å². The summed E-state index contributed by atoms with van der Waals surface area (Å²) in [4.78, 5) is 16.8. The second-order valence-electron chi connectivity index (χ2n) is 5.30. The van der Waals surface area contributed by atoms with E-state index in [-0.39, 0.29) is 17.5 Å². The minimum Gasteiger partial charge on any atom is -0.383 e. The molecule has 0 saturated carbocycles. The van der Waals surface area contributed by atoms with E-state index in [4.69, 9.17) is 5.73 Å². The predicted octanol–water partition coefficient (Wildman–Crippen LogP) is 1.86. The number of nitrogens with one attached hydrogen (secondary N) is 1. The molecule has 7 heteroatoms. The number of likely N-dealkylation sites (tertiary alicyclic amines) is 1. The van der Waals surface area contributed by atoms with Crippen molar-refractivity contribution in [3.8, 4) is 0 Å². The van der Waals surface area contributed by atoms with Crippen LogP contribution in [0.4, 0.5) is 17.3 Å². The van der Waals surface area contributed by atoms with Crippen LogP contribution in [0.2, 0.25) is 0 Å². The van der Waals surface area contributed by atoms with Crippen LogP contribution in [0.1, 0.15) is 26.2 Å². The van der Waals surface area contributed by atoms with Crippen LogP contribution < -0.4 is 11.1 Å². The molecule has 2 rings (SSSR count). The smallest absolute Gasteiger partial charge is 0.276 e. The van der Waals surface area contributed by atoms with Gasteiger partial charge < -0.3 is 16.0 Å². The van der Waals surface area contributed by atoms with Crippen LogP contribution in [-0.4, -0.2) is 40.5 Å². The summed E-state index contributed by atoms with van der Waals surface area (Å²) in [6.45, 7) is 5.20. The van der Waals surface area contributed by atoms with Crippen molar-refractivity contribution in [2.24, 2.45) is 0 Å². The van der Waals surface area contributed by atoms with Crippen molar-refractivity contribution >= 4 is 17.3 Å². The van der Waals surface area contributed by atoms with E-state index >= 15 is 0 Å². The summed E-state index contributed by atoms with van der Waals surface area (Å²) in [7, 11) is 0. The maximum atomic E-state index is 10.8. The van der Waals surface area contributed by atoms with Gasteiger partial charge in [0.1, 0.15) is 11.6 Å². The standard InChI is InChI=1S/C13H21N5O2/c1-10(9-17-5-3-2-4-6-17)15-13-8-11(18(19)20)7-12(14)16-13/h7-8,10H,2-6,9H2,1H3,(H3,14,15,16). The van der Waals surface area contributed by atoms with Crippen molar-refractivity contribution in [2.75, 3.05) is 30.7 Å². The summed E-state index contributed by atoms with van der Waals surface area (Å²) in [6, 6.07) is 2.85. The number of rotatable bonds is 5. The lowest BCUT2D eigenvalue weighted by molar-refractivity contribution is -0.384. The minimum absolute atomic E-state index is 0.0369. The Bertz CT molecular complexity index is 474. The van der Waals surface area contributed by atoms with Crippen LogP contribution in [0.25, 0.3) is 0 Å². The quantitative estimate of drug-likeness (QED) is 0.630. The number of nitrogen functional groups attached to an aromatic ring is 1. The summed E-state index contributed by atoms with van der Waals surface area (Å²) in [6.07, 6.45) is 3.80. The highest BCUT2D eigenvalue weighted by atomic mass is 16.6. The molecule has 0 aliphatic carbocycles. The molecule has 1 saturated heterocycles. The van der Waals surface area contributed by atoms with E-state index in [1.165, 1.54) is 31.4 Å². The Morgan fingerprint density at radius 3 is 2.80 bits per heavy atom. The zero-order chi connectivity index (χ0) is 14.5. The zero-order valence-electron chi connectivity index (χ0n) is 11.7. The van der Waals surface area contributed by atoms with E-state index in [1.807, 2.05) is 6.92 Å². The minimum atomic E-state index is -0.460. The van der Waals surface area contributed by atoms with Crippen molar-refractivity contribution in [1.29, 1.82) is 0 Å². The van der Waals surface area contributed by atoms with Gasteiger partial charge in [-0.3, -0.25) is 10.1 Å². The van der Waals surface area contributed by atoms with Gasteiger partial charge in [0.25, 0.3) is 5.69 Å². The lowest BCUT2D eigenvalue weighted by Gasteiger charge is -2.29. The molecule has 0 bridgehead atoms. The molecule has 1 aliphatic heterocycles. The third kappa shape index (κ3) is 4.06. The summed E-state index contributed by atoms with van der Waals surface area (Å²) in [5, 5.41) is 14.0. The number of nitrogens with zero attached hydrogens (tertiary/aromatic N) is 3. The van der Waals surface area contributed by atoms with Gasteiger partial charge in [0, 0.05) is 12.6 Å². The number of hydrogen-bond acceptors (Lipinski definition) is 6. The number of hydrogen-bond donors (Lipinski definition) is 2. The Kier molecular flexibility index (Phi) is 4.73. The average Bonchev–Trinajstić information content (AvgIpc) is 2.38. The molecular formula is C13H21N5O2. The second kappa shape index (κ2) is 6.51. The van der Waals surface area contributed by atoms with E-state index < -0.39 is 4.92 Å². The van der Waals surface area contributed by atoms with Gasteiger partial charge in [0.05, 0.1) is 17.1 Å². The fourth-order valence-corrected chi connectivity index (χ4v) is 2.54. The fourth-order valence-electron chi connectivity index (χ4n) is 2.54. The van der Waals surface area contributed by atoms with Crippen molar-refractivity contribution in [3.05, 3.63) is 22.2 Å². The highest BCUT2D eigenvalue weighted by Crippen LogP contribution is 2.19. The second-order valence-corrected chi connectivity index (χ2v) is 5.30. The van der Waals surface area contributed by atoms with Crippen LogP contribution in [0.15, 0.2) is 12.1 Å². The molecule has 0 spiro atoms. The van der Waals surface area contributed by atoms with E-state index in [0.29, 0.717) is 5.82 Å². The Labute approximate surface area is 118 Å². The van der Waals surface area contributed by atoms with Crippen LogP contribution in [0, 0.1) is 10.1 Å². The first-order valence-electron chi connectivity index (χ1n) is 6.95. The molecule has 2 heterocycles. The van der Waals surface area contributed by atoms with Gasteiger partial charge in [0.2, 0.25) is 0 Å². The van der Waals surface area contributed by atoms with Gasteiger partial charge in [-0.15, -0.1) is 0 Å². The molecule has 7 nitrogen and oxygen atoms in total. The van der Waals surface area contributed by atoms with Gasteiger partial charge in [-0.2, -0.15) is 0 Å². The van der Waals surface area contributed by atoms with Crippen LogP contribution in [0.3, 0.4) is 0 Å². The topological polar surface area (TPSA) is 97.3 Å². The molecule has 1 aliphatic rings. The number of aromatic nitrogens is 1. The number of nitro groups is 1. The van der Waals surface area contributed by atoms with Crippen LogP contribution >= 0.6 is 0 Å². The summed E-state index contributed by atoms with van der Waals surface area (Å²) in [5.74, 6) is 0.619. The molecule has 1 fully saturated rings. The highest BCUT2D eigenvalue weighted by molar-refractivity contribution is 5.53. The maximum Gasteiger partial charge on any atom is 0.276 e. The largest absolute Gasteiger partial charge is 0.383 e. The van der Waals surface area contributed by atoms with E-state index in [9.17, 15) is 10.1 Å². The van der Waals surface area contributed by atoms with Crippen LogP contribution in [-0.2, 0) is 0 Å². The highest BCUT2D eigenvalue weighted by Gasteiger charge is 2.15. The molecule has 1 aromatic heterocycles. The predicted molar refractivity (Wildman–Crippen MR) is 78.7 cm³/mol. The van der Waals surface area contributed by atoms with Gasteiger partial charge in [0.15, 0.2) is 0 Å². The van der Waals surface area contributed by atoms with Gasteiger partial charge in [-0.05, 0) is 32.9 Å². The number of anilines is 2. The van der Waals surface area contributed by atoms with Crippen LogP contribution in [0.5, 0.6) is 0 Å². The lowest BCUT2D eigenvalue weighted by Crippen LogP contribution is -2.38. The average molecular weight is 279 g/mol. The monoisotopic (exact) mass is 279 g/mol. The van der Waals surface area contributed by atoms with Gasteiger partial charge in [-0.25, -0.2) is 4.98 Å². The molecule has 20 heavy (non-hydrogen) atoms. The zero-order valence-corrected chi connectivity index (χ0v) is 11.7. The number of nitrogens with two attached hydrogens (primary N) is 1. The molecule has 0 amide bonds. The number of piperidine rings is 1. The molecule has 1 unspecified atom stereocenters. The fraction of sp³-hybridized carbons (Fsp3) is 0.615. The first kappa shape index (κ1) is 14.5. The van der Waals surface area contributed by atoms with E-state index in [1.54, 1.807) is 0 Å². The molecule has 1 aromatic rings. The third-order valence-corrected chi connectivity index (χ3v) is 3.42. The Morgan fingerprint density at radius 1 is 1.45 bits per heavy atom. The summed E-state index contributed by atoms with van der Waals surface area (Å²) >= 11 is 0. The molecule has 3 N–H and O–H groups in total. The maximum absolute atomic E-state index is 10.8. The molecule has 0 aromatic carbocycles. The van der Waals surface area contributed by atoms with Crippen molar-refractivity contribution in [1.82, 2.24) is 9.88 Å². The van der Waals surface area contributed by atoms with E-state index in [2.05, 4.69) is 15.2 Å². The molecule has 0 radical (unpaired) electrons. The Hall–Kier alpha value is -1.89. The van der Waals surface area contributed by atoms with E-state index in [0.717, 1.165) is 19.6 Å². The van der Waals surface area contributed by atoms with Crippen molar-refractivity contribution < 1.29 is 4.92 Å². The molecular weight excluding hydrogens is 258 g/mol. The third-order valence-electron chi connectivity index (χ3n) is 3.42. The molecule has 110 valence electrons. The first-order valence-corrected chi connectivity index (χ1v) is 6.95. The van der Waals surface area contributed by atoms with Gasteiger partial charge in [-0.1, -0.05) is 6.42 Å². The summed E-state index contributed by atoms with van der Waals surface area (Å²) in [5.41, 5.74) is 5.55. The van der Waals surface area contributed by atoms with Crippen molar-refractivity contribution in [3.63, 3.8) is 0 Å². The normalized spacial score (nSPS) is 17.6. The SMILES string of the molecule is CC(CN1CCCCC1)Nc1cc([N+](=O)[O-])cc(N)n1. The lowest BCUT2D eigenvalue weighted by atomic mass is 10.1. The molecule has 1 atom stereocenters. The van der Waals surface area contributed by atoms with Crippen molar-refractivity contribution in [2.45, 2.75) is 32.2 Å². The first-order chi connectivity index (χ1) is 9.54. The summed E-state index contributed by atoms with van der Waals surface area (Å²) < 4.78 is 0. The Balaban J connectivity index is 1.96.